The third-order valence-corrected chi connectivity index (χ3v) is 11.5. The number of nitrogens with zero attached hydrogens (tertiary/aromatic N) is 4. The summed E-state index contributed by atoms with van der Waals surface area (Å²) >= 11 is 0. The van der Waals surface area contributed by atoms with Crippen LogP contribution in [0, 0.1) is 11.7 Å². The number of hydrogen-bond donors (Lipinski definition) is 4. The van der Waals surface area contributed by atoms with E-state index < -0.39 is 30.1 Å². The van der Waals surface area contributed by atoms with Gasteiger partial charge in [-0.3, -0.25) is 9.59 Å². The standard InChI is InChI=1S/C45H47FN8O7/c1-25(2)38(51-44(57)59-3)42(55)53-18-8-12-34(53)40-48-24-33(50-40)28-14-16-30(31(46)21-28)37-22-29-20-27(15-17-36(29)61-37)32-23-47-41(49-32)35-13-9-19-54(35)43(56)39(52-45(58)60-4)26-10-6-5-7-11-26/h5-7,10-11,14-17,20-25,34-35,38-39H,8-9,12-13,18-19H2,1-4H3,(H,47,49)(H,48,50)(H,51,57)(H,52,58)/t34-,35-,38-,39+/m0/s1. The minimum atomic E-state index is -0.921. The highest BCUT2D eigenvalue weighted by atomic mass is 19.1. The van der Waals surface area contributed by atoms with Gasteiger partial charge in [0.05, 0.1) is 49.5 Å². The predicted octanol–water partition coefficient (Wildman–Crippen LogP) is 7.82. The Morgan fingerprint density at radius 2 is 1.52 bits per heavy atom. The van der Waals surface area contributed by atoms with Crippen molar-refractivity contribution in [1.29, 1.82) is 0 Å². The van der Waals surface area contributed by atoms with Gasteiger partial charge in [0.15, 0.2) is 0 Å². The molecule has 2 aliphatic rings. The van der Waals surface area contributed by atoms with E-state index >= 15 is 4.39 Å². The largest absolute Gasteiger partial charge is 0.456 e. The number of ether oxygens (including phenoxy) is 2. The van der Waals surface area contributed by atoms with Gasteiger partial charge < -0.3 is 44.3 Å². The molecule has 5 heterocycles. The molecule has 3 aromatic heterocycles. The zero-order valence-corrected chi connectivity index (χ0v) is 34.2. The van der Waals surface area contributed by atoms with Crippen molar-refractivity contribution in [3.05, 3.63) is 108 Å². The summed E-state index contributed by atoms with van der Waals surface area (Å²) in [5.74, 6) is 0.463. The fourth-order valence-corrected chi connectivity index (χ4v) is 8.31. The van der Waals surface area contributed by atoms with Gasteiger partial charge in [0.25, 0.3) is 5.91 Å². The summed E-state index contributed by atoms with van der Waals surface area (Å²) in [5.41, 5.74) is 4.16. The summed E-state index contributed by atoms with van der Waals surface area (Å²) in [6.45, 7) is 4.75. The number of likely N-dealkylation sites (tertiary alicyclic amines) is 2. The Hall–Kier alpha value is -6.97. The van der Waals surface area contributed by atoms with Gasteiger partial charge in [0.2, 0.25) is 5.91 Å². The van der Waals surface area contributed by atoms with Crippen molar-refractivity contribution in [3.8, 4) is 33.8 Å². The van der Waals surface area contributed by atoms with Gasteiger partial charge >= 0.3 is 12.2 Å². The molecule has 2 saturated heterocycles. The number of aromatic amines is 2. The summed E-state index contributed by atoms with van der Waals surface area (Å²) in [7, 11) is 2.52. The molecule has 0 spiro atoms. The molecule has 2 aliphatic heterocycles. The van der Waals surface area contributed by atoms with Crippen LogP contribution in [-0.4, -0.2) is 87.1 Å². The molecule has 3 aromatic carbocycles. The second kappa shape index (κ2) is 17.3. The van der Waals surface area contributed by atoms with Crippen LogP contribution >= 0.6 is 0 Å². The van der Waals surface area contributed by atoms with E-state index in [1.165, 1.54) is 20.3 Å². The number of H-pyrrole nitrogens is 2. The Kier molecular flexibility index (Phi) is 11.6. The van der Waals surface area contributed by atoms with Gasteiger partial charge in [0, 0.05) is 35.8 Å². The number of methoxy groups -OCH3 is 2. The van der Waals surface area contributed by atoms with Crippen molar-refractivity contribution < 1.29 is 37.5 Å². The van der Waals surface area contributed by atoms with E-state index in [0.717, 1.165) is 29.5 Å². The molecule has 0 bridgehead atoms. The average Bonchev–Trinajstić information content (AvgIpc) is 4.13. The number of hydrogen-bond acceptors (Lipinski definition) is 9. The minimum absolute atomic E-state index is 0.159. The van der Waals surface area contributed by atoms with E-state index in [9.17, 15) is 19.2 Å². The summed E-state index contributed by atoms with van der Waals surface area (Å²) in [6, 6.07) is 19.0. The number of nitrogens with one attached hydrogen (secondary N) is 4. The molecular weight excluding hydrogens is 784 g/mol. The van der Waals surface area contributed by atoms with Crippen LogP contribution in [0.15, 0.2) is 89.6 Å². The summed E-state index contributed by atoms with van der Waals surface area (Å²) < 4.78 is 31.6. The van der Waals surface area contributed by atoms with Gasteiger partial charge in [-0.05, 0) is 73.6 Å². The van der Waals surface area contributed by atoms with Gasteiger partial charge in [-0.15, -0.1) is 0 Å². The van der Waals surface area contributed by atoms with E-state index in [1.807, 2.05) is 50.2 Å². The average molecular weight is 831 g/mol. The summed E-state index contributed by atoms with van der Waals surface area (Å²) in [5, 5.41) is 6.11. The van der Waals surface area contributed by atoms with E-state index in [2.05, 4.69) is 25.6 Å². The molecule has 316 valence electrons. The van der Waals surface area contributed by atoms with Crippen LogP contribution in [0.25, 0.3) is 44.8 Å². The van der Waals surface area contributed by atoms with Crippen LogP contribution < -0.4 is 10.6 Å². The Bertz CT molecular complexity index is 2570. The molecule has 0 radical (unpaired) electrons. The maximum Gasteiger partial charge on any atom is 0.407 e. The fourth-order valence-electron chi connectivity index (χ4n) is 8.31. The number of amides is 4. The number of rotatable bonds is 11. The minimum Gasteiger partial charge on any atom is -0.456 e. The molecule has 6 aromatic rings. The topological polar surface area (TPSA) is 188 Å². The fraction of sp³-hybridized carbons (Fsp3) is 0.333. The van der Waals surface area contributed by atoms with Crippen LogP contribution in [0.3, 0.4) is 0 Å². The van der Waals surface area contributed by atoms with E-state index in [0.29, 0.717) is 65.7 Å². The van der Waals surface area contributed by atoms with Crippen molar-refractivity contribution in [3.63, 3.8) is 0 Å². The first-order chi connectivity index (χ1) is 29.5. The molecule has 2 fully saturated rings. The van der Waals surface area contributed by atoms with Crippen LogP contribution in [0.1, 0.15) is 74.9 Å². The maximum absolute atomic E-state index is 15.9. The number of imidazole rings is 2. The molecule has 16 heteroatoms. The van der Waals surface area contributed by atoms with Crippen LogP contribution in [0.2, 0.25) is 0 Å². The molecule has 61 heavy (non-hydrogen) atoms. The highest BCUT2D eigenvalue weighted by Gasteiger charge is 2.39. The predicted molar refractivity (Wildman–Crippen MR) is 223 cm³/mol. The lowest BCUT2D eigenvalue weighted by Gasteiger charge is -2.29. The lowest BCUT2D eigenvalue weighted by Crippen LogP contribution is -2.51. The third-order valence-electron chi connectivity index (χ3n) is 11.5. The molecule has 8 rings (SSSR count). The van der Waals surface area contributed by atoms with Crippen molar-refractivity contribution in [2.45, 2.75) is 63.7 Å². The Morgan fingerprint density at radius 1 is 0.836 bits per heavy atom. The summed E-state index contributed by atoms with van der Waals surface area (Å²) in [6.07, 6.45) is 5.00. The zero-order valence-electron chi connectivity index (χ0n) is 34.2. The first kappa shape index (κ1) is 40.8. The molecule has 4 amide bonds. The Morgan fingerprint density at radius 3 is 2.23 bits per heavy atom. The number of fused-ring (bicyclic) bond motifs is 1. The Balaban J connectivity index is 0.971. The summed E-state index contributed by atoms with van der Waals surface area (Å²) in [4.78, 5) is 71.2. The monoisotopic (exact) mass is 830 g/mol. The number of benzene rings is 3. The Labute approximate surface area is 351 Å². The number of furan rings is 1. The van der Waals surface area contributed by atoms with Crippen LogP contribution in [0.4, 0.5) is 14.0 Å². The van der Waals surface area contributed by atoms with Crippen LogP contribution in [0.5, 0.6) is 0 Å². The van der Waals surface area contributed by atoms with Gasteiger partial charge in [-0.2, -0.15) is 0 Å². The maximum atomic E-state index is 15.9. The number of carbonyl (C=O) groups excluding carboxylic acids is 4. The van der Waals surface area contributed by atoms with Crippen molar-refractivity contribution in [2.24, 2.45) is 5.92 Å². The molecule has 0 saturated carbocycles. The number of aromatic nitrogens is 4. The van der Waals surface area contributed by atoms with E-state index in [4.69, 9.17) is 18.9 Å². The molecule has 0 unspecified atom stereocenters. The number of alkyl carbamates (subject to hydrolysis) is 2. The van der Waals surface area contributed by atoms with Gasteiger partial charge in [-0.25, -0.2) is 23.9 Å². The van der Waals surface area contributed by atoms with E-state index in [1.54, 1.807) is 52.5 Å². The van der Waals surface area contributed by atoms with Crippen LogP contribution in [-0.2, 0) is 19.1 Å². The highest BCUT2D eigenvalue weighted by Crippen LogP contribution is 2.37. The second-order valence-electron chi connectivity index (χ2n) is 15.6. The van der Waals surface area contributed by atoms with Gasteiger partial charge in [-0.1, -0.05) is 50.2 Å². The molecule has 0 aliphatic carbocycles. The first-order valence-corrected chi connectivity index (χ1v) is 20.3. The number of halogens is 1. The van der Waals surface area contributed by atoms with Crippen molar-refractivity contribution in [2.75, 3.05) is 27.3 Å². The first-order valence-electron chi connectivity index (χ1n) is 20.3. The zero-order chi connectivity index (χ0) is 42.8. The lowest BCUT2D eigenvalue weighted by atomic mass is 10.0. The molecule has 4 atom stereocenters. The van der Waals surface area contributed by atoms with E-state index in [-0.39, 0.29) is 35.4 Å². The quantitative estimate of drug-likeness (QED) is 0.101. The van der Waals surface area contributed by atoms with Crippen molar-refractivity contribution in [1.82, 2.24) is 40.4 Å². The smallest absolute Gasteiger partial charge is 0.407 e. The lowest BCUT2D eigenvalue weighted by molar-refractivity contribution is -0.135. The molecular formula is C45H47FN8O7. The van der Waals surface area contributed by atoms with Gasteiger partial charge in [0.1, 0.15) is 40.9 Å². The highest BCUT2D eigenvalue weighted by molar-refractivity contribution is 5.89. The number of carbonyl (C=O) groups is 4. The molecule has 4 N–H and O–H groups in total. The SMILES string of the molecule is COC(=O)N[C@H](C(=O)N1CCC[C@H]1c1nc(-c2ccc(-c3cc4cc(-c5cnc([C@@H]6CCCN6C(=O)[C@H](NC(=O)OC)c6ccccc6)[nH]5)ccc4o3)c(F)c2)c[nH]1)C(C)C. The normalized spacial score (nSPS) is 17.4. The van der Waals surface area contributed by atoms with Crippen molar-refractivity contribution >= 4 is 35.0 Å². The molecule has 15 nitrogen and oxygen atoms in total. The third kappa shape index (κ3) is 8.29. The second-order valence-corrected chi connectivity index (χ2v) is 15.6.